The minimum Gasteiger partial charge on any atom is -0.438 e. The molecule has 0 amide bonds. The lowest BCUT2D eigenvalue weighted by Gasteiger charge is -2.10. The fraction of sp³-hybridized carbons (Fsp3) is 0.0952. The Kier molecular flexibility index (Phi) is 5.75. The van der Waals surface area contributed by atoms with E-state index in [9.17, 15) is 8.42 Å². The highest BCUT2D eigenvalue weighted by atomic mass is 79.9. The van der Waals surface area contributed by atoms with E-state index >= 15 is 0 Å². The maximum atomic E-state index is 12.6. The van der Waals surface area contributed by atoms with Crippen molar-refractivity contribution in [1.29, 1.82) is 0 Å². The van der Waals surface area contributed by atoms with Gasteiger partial charge >= 0.3 is 0 Å². The van der Waals surface area contributed by atoms with Gasteiger partial charge in [-0.2, -0.15) is 0 Å². The van der Waals surface area contributed by atoms with E-state index in [0.717, 1.165) is 11.4 Å². The van der Waals surface area contributed by atoms with Crippen LogP contribution >= 0.6 is 15.9 Å². The first-order valence-electron chi connectivity index (χ1n) is 9.23. The number of nitrogens with one attached hydrogen (secondary N) is 1. The molecule has 0 aliphatic rings. The summed E-state index contributed by atoms with van der Waals surface area (Å²) in [5.41, 5.74) is 2.33. The monoisotopic (exact) mass is 499 g/mol. The van der Waals surface area contributed by atoms with Gasteiger partial charge in [-0.1, -0.05) is 12.1 Å². The molecule has 4 aromatic rings. The van der Waals surface area contributed by atoms with E-state index in [1.165, 1.54) is 6.07 Å². The number of benzene rings is 2. The number of hydrogen-bond acceptors (Lipinski definition) is 6. The molecule has 0 fully saturated rings. The molecule has 0 aliphatic heterocycles. The molecule has 2 aromatic heterocycles. The fourth-order valence-corrected chi connectivity index (χ4v) is 4.87. The highest BCUT2D eigenvalue weighted by Crippen LogP contribution is 2.26. The van der Waals surface area contributed by atoms with Crippen LogP contribution in [-0.4, -0.2) is 28.2 Å². The Balaban J connectivity index is 1.45. The van der Waals surface area contributed by atoms with Crippen LogP contribution in [0.15, 0.2) is 76.4 Å². The van der Waals surface area contributed by atoms with Crippen LogP contribution in [0.5, 0.6) is 11.6 Å². The minimum atomic E-state index is -3.72. The van der Waals surface area contributed by atoms with Crippen molar-refractivity contribution in [3.63, 3.8) is 0 Å². The van der Waals surface area contributed by atoms with Crippen molar-refractivity contribution in [3.05, 3.63) is 82.9 Å². The summed E-state index contributed by atoms with van der Waals surface area (Å²) in [6.07, 6.45) is 1.70. The van der Waals surface area contributed by atoms with Gasteiger partial charge in [0.25, 0.3) is 10.0 Å². The molecule has 0 saturated carbocycles. The van der Waals surface area contributed by atoms with E-state index in [1.54, 1.807) is 60.9 Å². The number of sulfonamides is 1. The molecule has 0 spiro atoms. The number of aryl methyl sites for hydroxylation is 1. The lowest BCUT2D eigenvalue weighted by molar-refractivity contribution is 0.454. The van der Waals surface area contributed by atoms with E-state index in [1.807, 2.05) is 18.4 Å². The summed E-state index contributed by atoms with van der Waals surface area (Å²) < 4.78 is 35.7. The largest absolute Gasteiger partial charge is 0.438 e. The molecule has 4 rings (SSSR count). The van der Waals surface area contributed by atoms with Crippen molar-refractivity contribution < 1.29 is 13.2 Å². The van der Waals surface area contributed by atoms with Gasteiger partial charge in [-0.25, -0.2) is 13.4 Å². The van der Waals surface area contributed by atoms with Gasteiger partial charge in [-0.3, -0.25) is 9.29 Å². The smallest absolute Gasteiger partial charge is 0.263 e. The maximum Gasteiger partial charge on any atom is 0.263 e. The van der Waals surface area contributed by atoms with Crippen LogP contribution in [0.3, 0.4) is 0 Å². The van der Waals surface area contributed by atoms with Crippen LogP contribution in [0.4, 0.5) is 5.69 Å². The summed E-state index contributed by atoms with van der Waals surface area (Å²) in [6.45, 7) is 3.89. The number of anilines is 1. The molecule has 2 heterocycles. The molecule has 10 heteroatoms. The number of imidazole rings is 1. The van der Waals surface area contributed by atoms with Gasteiger partial charge in [0.1, 0.15) is 17.0 Å². The quantitative estimate of drug-likeness (QED) is 0.415. The lowest BCUT2D eigenvalue weighted by Crippen LogP contribution is -2.13. The summed E-state index contributed by atoms with van der Waals surface area (Å²) in [6, 6.07) is 16.6. The van der Waals surface area contributed by atoms with Crippen LogP contribution in [0.2, 0.25) is 0 Å². The average Bonchev–Trinajstić information content (AvgIpc) is 3.08. The van der Waals surface area contributed by atoms with Crippen LogP contribution in [-0.2, 0) is 10.0 Å². The third-order valence-corrected chi connectivity index (χ3v) is 6.97. The Bertz CT molecular complexity index is 1320. The van der Waals surface area contributed by atoms with Gasteiger partial charge in [-0.15, -0.1) is 10.2 Å². The number of rotatable bonds is 6. The van der Waals surface area contributed by atoms with Crippen molar-refractivity contribution in [2.45, 2.75) is 18.7 Å². The Morgan fingerprint density at radius 3 is 2.32 bits per heavy atom. The standard InChI is InChI=1S/C21H18BrN5O3S/c1-14-15(2)27(13-23-14)20-11-12-21(25-24-20)30-17-9-7-16(8-10-17)26-31(28,29)19-6-4-3-5-18(19)22/h3-13,26H,1-2H3. The summed E-state index contributed by atoms with van der Waals surface area (Å²) >= 11 is 3.26. The second kappa shape index (κ2) is 8.48. The lowest BCUT2D eigenvalue weighted by atomic mass is 10.3. The predicted octanol–water partition coefficient (Wildman–Crippen LogP) is 4.63. The third-order valence-electron chi connectivity index (χ3n) is 4.58. The summed E-state index contributed by atoms with van der Waals surface area (Å²) in [5, 5.41) is 8.27. The fourth-order valence-electron chi connectivity index (χ4n) is 2.81. The zero-order valence-corrected chi connectivity index (χ0v) is 19.1. The van der Waals surface area contributed by atoms with Crippen LogP contribution in [0, 0.1) is 13.8 Å². The molecule has 8 nitrogen and oxygen atoms in total. The van der Waals surface area contributed by atoms with Crippen LogP contribution in [0.1, 0.15) is 11.4 Å². The normalized spacial score (nSPS) is 11.3. The highest BCUT2D eigenvalue weighted by molar-refractivity contribution is 9.10. The Morgan fingerprint density at radius 2 is 1.71 bits per heavy atom. The number of nitrogens with zero attached hydrogens (tertiary/aromatic N) is 4. The number of halogens is 1. The number of aromatic nitrogens is 4. The Labute approximate surface area is 188 Å². The first kappa shape index (κ1) is 21.0. The zero-order valence-electron chi connectivity index (χ0n) is 16.7. The van der Waals surface area contributed by atoms with Crippen LogP contribution < -0.4 is 9.46 Å². The Morgan fingerprint density at radius 1 is 0.968 bits per heavy atom. The highest BCUT2D eigenvalue weighted by Gasteiger charge is 2.17. The van der Waals surface area contributed by atoms with Gasteiger partial charge in [-0.05, 0) is 72.2 Å². The first-order valence-corrected chi connectivity index (χ1v) is 11.5. The van der Waals surface area contributed by atoms with E-state index in [2.05, 4.69) is 35.8 Å². The molecule has 0 unspecified atom stereocenters. The second-order valence-corrected chi connectivity index (χ2v) is 9.18. The van der Waals surface area contributed by atoms with Crippen LogP contribution in [0.25, 0.3) is 5.82 Å². The SMILES string of the molecule is Cc1ncn(-c2ccc(Oc3ccc(NS(=O)(=O)c4ccccc4Br)cc3)nn2)c1C. The molecule has 0 radical (unpaired) electrons. The summed E-state index contributed by atoms with van der Waals surface area (Å²) in [4.78, 5) is 4.41. The third kappa shape index (κ3) is 4.59. The minimum absolute atomic E-state index is 0.161. The van der Waals surface area contributed by atoms with E-state index in [-0.39, 0.29) is 4.90 Å². The molecular weight excluding hydrogens is 482 g/mol. The summed E-state index contributed by atoms with van der Waals surface area (Å²) in [5.74, 6) is 1.46. The topological polar surface area (TPSA) is 99.0 Å². The summed E-state index contributed by atoms with van der Waals surface area (Å²) in [7, 11) is -3.72. The molecule has 158 valence electrons. The molecule has 0 bridgehead atoms. The molecular formula is C21H18BrN5O3S. The van der Waals surface area contributed by atoms with Crippen molar-refractivity contribution >= 4 is 31.6 Å². The van der Waals surface area contributed by atoms with Crippen molar-refractivity contribution in [2.24, 2.45) is 0 Å². The Hall–Kier alpha value is -3.24. The predicted molar refractivity (Wildman–Crippen MR) is 120 cm³/mol. The molecule has 2 aromatic carbocycles. The van der Waals surface area contributed by atoms with Crippen molar-refractivity contribution in [3.8, 4) is 17.4 Å². The van der Waals surface area contributed by atoms with Crippen molar-refractivity contribution in [2.75, 3.05) is 4.72 Å². The average molecular weight is 500 g/mol. The molecule has 0 aliphatic carbocycles. The van der Waals surface area contributed by atoms with E-state index < -0.39 is 10.0 Å². The van der Waals surface area contributed by atoms with E-state index in [4.69, 9.17) is 4.74 Å². The number of hydrogen-bond donors (Lipinski definition) is 1. The van der Waals surface area contributed by atoms with Gasteiger partial charge in [0.05, 0.1) is 5.69 Å². The van der Waals surface area contributed by atoms with Gasteiger partial charge < -0.3 is 4.74 Å². The van der Waals surface area contributed by atoms with E-state index in [0.29, 0.717) is 27.6 Å². The molecule has 31 heavy (non-hydrogen) atoms. The molecule has 0 atom stereocenters. The molecule has 1 N–H and O–H groups in total. The zero-order chi connectivity index (χ0) is 22.0. The maximum absolute atomic E-state index is 12.6. The second-order valence-electron chi connectivity index (χ2n) is 6.68. The first-order chi connectivity index (χ1) is 14.8. The van der Waals surface area contributed by atoms with Gasteiger partial charge in [0.2, 0.25) is 5.88 Å². The van der Waals surface area contributed by atoms with Crippen molar-refractivity contribution in [1.82, 2.24) is 19.7 Å². The molecule has 0 saturated heterocycles. The van der Waals surface area contributed by atoms with Gasteiger partial charge in [0, 0.05) is 21.9 Å². The van der Waals surface area contributed by atoms with Gasteiger partial charge in [0.15, 0.2) is 5.82 Å². The number of ether oxygens (including phenoxy) is 1.